The van der Waals surface area contributed by atoms with E-state index in [1.807, 2.05) is 0 Å². The predicted octanol–water partition coefficient (Wildman–Crippen LogP) is 3.22. The highest BCUT2D eigenvalue weighted by Crippen LogP contribution is 2.25. The molecule has 0 spiro atoms. The van der Waals surface area contributed by atoms with Gasteiger partial charge in [-0.1, -0.05) is 24.3 Å². The molecule has 0 unspecified atom stereocenters. The first-order valence-electron chi connectivity index (χ1n) is 7.98. The standard InChI is InChI=1S/C20H15FN2O4/c1-11(24)16(20(26)27-2)17-14-5-3-4-6-15(14)18(22-17)23-19(25)12-7-9-13(21)10-8-12/h3-10,24H,1-2H3/b16-11+,23-18?. The first-order chi connectivity index (χ1) is 12.9. The molecule has 1 heterocycles. The van der Waals surface area contributed by atoms with Crippen LogP contribution in [0.25, 0.3) is 0 Å². The molecule has 27 heavy (non-hydrogen) atoms. The van der Waals surface area contributed by atoms with E-state index in [2.05, 4.69) is 9.98 Å². The minimum absolute atomic E-state index is 0.0950. The van der Waals surface area contributed by atoms with Crippen molar-refractivity contribution >= 4 is 23.4 Å². The van der Waals surface area contributed by atoms with E-state index in [0.717, 1.165) is 12.1 Å². The number of ether oxygens (including phenoxy) is 1. The molecule has 7 heteroatoms. The lowest BCUT2D eigenvalue weighted by molar-refractivity contribution is -0.135. The van der Waals surface area contributed by atoms with Crippen molar-refractivity contribution in [1.29, 1.82) is 0 Å². The number of methoxy groups -OCH3 is 1. The van der Waals surface area contributed by atoms with Crippen LogP contribution >= 0.6 is 0 Å². The number of hydrogen-bond acceptors (Lipinski definition) is 4. The maximum atomic E-state index is 13.0. The van der Waals surface area contributed by atoms with Gasteiger partial charge in [0.1, 0.15) is 17.1 Å². The van der Waals surface area contributed by atoms with Crippen molar-refractivity contribution in [3.8, 4) is 0 Å². The minimum atomic E-state index is -0.755. The molecule has 0 saturated heterocycles. The summed E-state index contributed by atoms with van der Waals surface area (Å²) >= 11 is 0. The monoisotopic (exact) mass is 366 g/mol. The molecule has 0 saturated carbocycles. The zero-order chi connectivity index (χ0) is 19.6. The Morgan fingerprint density at radius 1 is 1.07 bits per heavy atom. The molecule has 2 aromatic rings. The van der Waals surface area contributed by atoms with E-state index in [1.54, 1.807) is 24.3 Å². The van der Waals surface area contributed by atoms with Crippen LogP contribution in [0.1, 0.15) is 28.4 Å². The molecule has 6 nitrogen and oxygen atoms in total. The summed E-state index contributed by atoms with van der Waals surface area (Å²) in [6.45, 7) is 1.34. The van der Waals surface area contributed by atoms with E-state index >= 15 is 0 Å². The van der Waals surface area contributed by atoms with Crippen LogP contribution in [0.15, 0.2) is 69.8 Å². The summed E-state index contributed by atoms with van der Waals surface area (Å²) in [6.07, 6.45) is 0. The molecule has 1 N–H and O–H groups in total. The molecule has 1 amide bonds. The van der Waals surface area contributed by atoms with Crippen molar-refractivity contribution in [2.45, 2.75) is 6.92 Å². The Morgan fingerprint density at radius 3 is 2.30 bits per heavy atom. The van der Waals surface area contributed by atoms with Crippen molar-refractivity contribution in [1.82, 2.24) is 0 Å². The van der Waals surface area contributed by atoms with Gasteiger partial charge in [0.25, 0.3) is 5.91 Å². The Labute approximate surface area is 154 Å². The Morgan fingerprint density at radius 2 is 1.70 bits per heavy atom. The van der Waals surface area contributed by atoms with Gasteiger partial charge in [0, 0.05) is 16.7 Å². The lowest BCUT2D eigenvalue weighted by Crippen LogP contribution is -2.16. The highest BCUT2D eigenvalue weighted by molar-refractivity contribution is 6.36. The maximum Gasteiger partial charge on any atom is 0.343 e. The summed E-state index contributed by atoms with van der Waals surface area (Å²) in [6, 6.07) is 11.9. The number of carbonyl (C=O) groups is 2. The second kappa shape index (κ2) is 7.33. The number of esters is 1. The maximum absolute atomic E-state index is 13.0. The Balaban J connectivity index is 2.10. The minimum Gasteiger partial charge on any atom is -0.512 e. The molecule has 1 aliphatic rings. The van der Waals surface area contributed by atoms with Gasteiger partial charge in [-0.3, -0.25) is 4.79 Å². The average Bonchev–Trinajstić information content (AvgIpc) is 3.00. The fourth-order valence-corrected chi connectivity index (χ4v) is 2.66. The number of aliphatic hydroxyl groups is 1. The number of nitrogens with zero attached hydrogens (tertiary/aromatic N) is 2. The van der Waals surface area contributed by atoms with Gasteiger partial charge in [0.05, 0.1) is 12.8 Å². The summed E-state index contributed by atoms with van der Waals surface area (Å²) in [5.74, 6) is -1.99. The fraction of sp³-hybridized carbons (Fsp3) is 0.100. The molecule has 1 aliphatic heterocycles. The van der Waals surface area contributed by atoms with Gasteiger partial charge in [0.2, 0.25) is 0 Å². The molecule has 0 atom stereocenters. The summed E-state index contributed by atoms with van der Waals surface area (Å²) in [5, 5.41) is 9.93. The van der Waals surface area contributed by atoms with Crippen molar-refractivity contribution in [2.75, 3.05) is 7.11 Å². The van der Waals surface area contributed by atoms with Gasteiger partial charge in [-0.25, -0.2) is 14.2 Å². The number of benzene rings is 2. The number of aliphatic hydroxyl groups excluding tert-OH is 1. The molecule has 2 aromatic carbocycles. The second-order valence-corrected chi connectivity index (χ2v) is 5.71. The Kier molecular flexibility index (Phi) is 4.94. The van der Waals surface area contributed by atoms with Crippen LogP contribution in [0.4, 0.5) is 4.39 Å². The number of rotatable bonds is 3. The fourth-order valence-electron chi connectivity index (χ4n) is 2.66. The van der Waals surface area contributed by atoms with Gasteiger partial charge in [-0.15, -0.1) is 0 Å². The summed E-state index contributed by atoms with van der Waals surface area (Å²) in [5.41, 5.74) is 1.34. The number of carbonyl (C=O) groups excluding carboxylic acids is 2. The van der Waals surface area contributed by atoms with Gasteiger partial charge in [-0.05, 0) is 31.2 Å². The van der Waals surface area contributed by atoms with Crippen molar-refractivity contribution in [2.24, 2.45) is 9.98 Å². The van der Waals surface area contributed by atoms with Crippen LogP contribution < -0.4 is 0 Å². The quantitative estimate of drug-likeness (QED) is 0.513. The number of halogens is 1. The predicted molar refractivity (Wildman–Crippen MR) is 97.6 cm³/mol. The molecule has 0 aliphatic carbocycles. The van der Waals surface area contributed by atoms with Crippen LogP contribution in [0.5, 0.6) is 0 Å². The lowest BCUT2D eigenvalue weighted by Gasteiger charge is -2.07. The van der Waals surface area contributed by atoms with E-state index in [4.69, 9.17) is 4.74 Å². The Hall–Kier alpha value is -3.61. The third-order valence-corrected chi connectivity index (χ3v) is 3.93. The van der Waals surface area contributed by atoms with Gasteiger partial charge >= 0.3 is 5.97 Å². The number of amidine groups is 1. The highest BCUT2D eigenvalue weighted by Gasteiger charge is 2.30. The van der Waals surface area contributed by atoms with Gasteiger partial charge < -0.3 is 9.84 Å². The van der Waals surface area contributed by atoms with E-state index in [9.17, 15) is 19.1 Å². The van der Waals surface area contributed by atoms with Crippen molar-refractivity contribution < 1.29 is 23.8 Å². The molecule has 0 radical (unpaired) electrons. The number of aliphatic imine (C=N–C) groups is 2. The molecular weight excluding hydrogens is 351 g/mol. The third kappa shape index (κ3) is 3.52. The van der Waals surface area contributed by atoms with E-state index in [1.165, 1.54) is 26.2 Å². The number of allylic oxidation sites excluding steroid dienone is 1. The Bertz CT molecular complexity index is 1020. The third-order valence-electron chi connectivity index (χ3n) is 3.93. The van der Waals surface area contributed by atoms with Crippen molar-refractivity contribution in [3.05, 3.63) is 82.4 Å². The molecule has 0 fully saturated rings. The molecule has 0 aromatic heterocycles. The number of amides is 1. The zero-order valence-corrected chi connectivity index (χ0v) is 14.6. The van der Waals surface area contributed by atoms with E-state index in [0.29, 0.717) is 11.1 Å². The number of hydrogen-bond donors (Lipinski definition) is 1. The molecule has 3 rings (SSSR count). The smallest absolute Gasteiger partial charge is 0.343 e. The topological polar surface area (TPSA) is 88.3 Å². The average molecular weight is 366 g/mol. The summed E-state index contributed by atoms with van der Waals surface area (Å²) in [7, 11) is 1.19. The number of fused-ring (bicyclic) bond motifs is 1. The highest BCUT2D eigenvalue weighted by atomic mass is 19.1. The molecule has 0 bridgehead atoms. The molecule has 136 valence electrons. The zero-order valence-electron chi connectivity index (χ0n) is 14.6. The van der Waals surface area contributed by atoms with Gasteiger partial charge in [-0.2, -0.15) is 4.99 Å². The normalized spacial score (nSPS) is 15.1. The van der Waals surface area contributed by atoms with E-state index in [-0.39, 0.29) is 28.4 Å². The van der Waals surface area contributed by atoms with E-state index < -0.39 is 17.7 Å². The lowest BCUT2D eigenvalue weighted by atomic mass is 9.99. The first-order valence-corrected chi connectivity index (χ1v) is 7.98. The van der Waals surface area contributed by atoms with Crippen molar-refractivity contribution in [3.63, 3.8) is 0 Å². The SMILES string of the molecule is COC(=O)/C(C1=NC(=NC(=O)c2ccc(F)cc2)c2ccccc21)=C(\C)O. The first kappa shape index (κ1) is 18.2. The van der Waals surface area contributed by atoms with Crippen LogP contribution in [0.2, 0.25) is 0 Å². The van der Waals surface area contributed by atoms with Crippen LogP contribution in [-0.2, 0) is 9.53 Å². The van der Waals surface area contributed by atoms with Crippen LogP contribution in [0.3, 0.4) is 0 Å². The second-order valence-electron chi connectivity index (χ2n) is 5.71. The molecular formula is C20H15FN2O4. The van der Waals surface area contributed by atoms with Crippen LogP contribution in [0, 0.1) is 5.82 Å². The van der Waals surface area contributed by atoms with Gasteiger partial charge in [0.15, 0.2) is 5.84 Å². The summed E-state index contributed by atoms with van der Waals surface area (Å²) < 4.78 is 17.8. The largest absolute Gasteiger partial charge is 0.512 e. The summed E-state index contributed by atoms with van der Waals surface area (Å²) in [4.78, 5) is 32.7. The van der Waals surface area contributed by atoms with Crippen LogP contribution in [-0.4, -0.2) is 35.6 Å².